The molecular formula is C10H9N3O2S. The lowest BCUT2D eigenvalue weighted by atomic mass is 10.1. The Morgan fingerprint density at radius 1 is 1.38 bits per heavy atom. The van der Waals surface area contributed by atoms with Crippen LogP contribution in [0.5, 0.6) is 0 Å². The average Bonchev–Trinajstić information content (AvgIpc) is 2.80. The van der Waals surface area contributed by atoms with Gasteiger partial charge in [0.25, 0.3) is 0 Å². The second-order valence-corrected chi connectivity index (χ2v) is 3.93. The molecule has 1 aromatic carbocycles. The van der Waals surface area contributed by atoms with Crippen LogP contribution in [0.2, 0.25) is 0 Å². The lowest BCUT2D eigenvalue weighted by molar-refractivity contribution is 0.0697. The molecule has 0 fully saturated rings. The number of nitrogens with zero attached hydrogens (tertiary/aromatic N) is 2. The molecule has 2 N–H and O–H groups in total. The van der Waals surface area contributed by atoms with Crippen molar-refractivity contribution < 1.29 is 9.90 Å². The van der Waals surface area contributed by atoms with E-state index in [9.17, 15) is 4.79 Å². The number of anilines is 1. The molecule has 0 bridgehead atoms. The summed E-state index contributed by atoms with van der Waals surface area (Å²) in [5, 5.41) is 20.1. The molecule has 0 aliphatic rings. The van der Waals surface area contributed by atoms with Gasteiger partial charge in [0.2, 0.25) is 5.13 Å². The number of carboxylic acid groups (broad SMARTS) is 1. The van der Waals surface area contributed by atoms with E-state index in [1.165, 1.54) is 11.3 Å². The highest BCUT2D eigenvalue weighted by Crippen LogP contribution is 2.11. The number of rotatable bonds is 4. The van der Waals surface area contributed by atoms with Gasteiger partial charge in [0.1, 0.15) is 5.51 Å². The largest absolute Gasteiger partial charge is 0.478 e. The van der Waals surface area contributed by atoms with E-state index in [0.717, 1.165) is 10.7 Å². The zero-order valence-electron chi connectivity index (χ0n) is 8.25. The van der Waals surface area contributed by atoms with Crippen molar-refractivity contribution >= 4 is 22.4 Å². The van der Waals surface area contributed by atoms with Crippen LogP contribution in [0.25, 0.3) is 0 Å². The first kappa shape index (κ1) is 10.6. The van der Waals surface area contributed by atoms with Crippen molar-refractivity contribution in [3.05, 3.63) is 40.9 Å². The minimum absolute atomic E-state index is 0.291. The molecule has 1 heterocycles. The van der Waals surface area contributed by atoms with E-state index in [1.54, 1.807) is 29.8 Å². The Morgan fingerprint density at radius 3 is 2.69 bits per heavy atom. The van der Waals surface area contributed by atoms with Crippen molar-refractivity contribution in [2.24, 2.45) is 0 Å². The molecule has 0 aliphatic heterocycles. The summed E-state index contributed by atoms with van der Waals surface area (Å²) >= 11 is 1.42. The van der Waals surface area contributed by atoms with Gasteiger partial charge in [-0.1, -0.05) is 23.5 Å². The van der Waals surface area contributed by atoms with Crippen molar-refractivity contribution in [2.75, 3.05) is 5.32 Å². The van der Waals surface area contributed by atoms with Crippen molar-refractivity contribution in [3.63, 3.8) is 0 Å². The number of nitrogens with one attached hydrogen (secondary N) is 1. The van der Waals surface area contributed by atoms with Gasteiger partial charge in [0.15, 0.2) is 0 Å². The average molecular weight is 235 g/mol. The molecule has 1 aromatic heterocycles. The van der Waals surface area contributed by atoms with E-state index in [-0.39, 0.29) is 0 Å². The Hall–Kier alpha value is -1.95. The SMILES string of the molecule is O=C(O)c1ccc(CNc2nncs2)cc1. The molecule has 2 rings (SSSR count). The molecular weight excluding hydrogens is 226 g/mol. The third kappa shape index (κ3) is 2.54. The topological polar surface area (TPSA) is 75.1 Å². The lowest BCUT2D eigenvalue weighted by Gasteiger charge is -2.02. The predicted molar refractivity (Wildman–Crippen MR) is 60.6 cm³/mol. The summed E-state index contributed by atoms with van der Waals surface area (Å²) in [4.78, 5) is 10.6. The summed E-state index contributed by atoms with van der Waals surface area (Å²) in [6, 6.07) is 6.72. The van der Waals surface area contributed by atoms with Crippen LogP contribution in [0, 0.1) is 0 Å². The lowest BCUT2D eigenvalue weighted by Crippen LogP contribution is -2.00. The zero-order valence-corrected chi connectivity index (χ0v) is 9.07. The van der Waals surface area contributed by atoms with Crippen LogP contribution in [0.3, 0.4) is 0 Å². The number of carbonyl (C=O) groups is 1. The van der Waals surface area contributed by atoms with E-state index in [2.05, 4.69) is 15.5 Å². The fourth-order valence-corrected chi connectivity index (χ4v) is 1.64. The Labute approximate surface area is 95.8 Å². The van der Waals surface area contributed by atoms with Gasteiger partial charge in [0, 0.05) is 6.54 Å². The molecule has 0 saturated heterocycles. The smallest absolute Gasteiger partial charge is 0.335 e. The first-order valence-corrected chi connectivity index (χ1v) is 5.46. The molecule has 2 aromatic rings. The molecule has 0 saturated carbocycles. The van der Waals surface area contributed by atoms with Gasteiger partial charge >= 0.3 is 5.97 Å². The molecule has 0 atom stereocenters. The number of aromatic carboxylic acids is 1. The zero-order chi connectivity index (χ0) is 11.4. The van der Waals surface area contributed by atoms with Crippen molar-refractivity contribution in [2.45, 2.75) is 6.54 Å². The van der Waals surface area contributed by atoms with E-state index in [0.29, 0.717) is 12.1 Å². The van der Waals surface area contributed by atoms with Crippen LogP contribution in [0.15, 0.2) is 29.8 Å². The normalized spacial score (nSPS) is 10.0. The second-order valence-electron chi connectivity index (χ2n) is 3.10. The van der Waals surface area contributed by atoms with E-state index >= 15 is 0 Å². The van der Waals surface area contributed by atoms with Crippen molar-refractivity contribution in [1.82, 2.24) is 10.2 Å². The van der Waals surface area contributed by atoms with Gasteiger partial charge < -0.3 is 10.4 Å². The van der Waals surface area contributed by atoms with E-state index < -0.39 is 5.97 Å². The van der Waals surface area contributed by atoms with Gasteiger partial charge in [-0.05, 0) is 17.7 Å². The number of aromatic nitrogens is 2. The fraction of sp³-hybridized carbons (Fsp3) is 0.100. The number of carboxylic acids is 1. The maximum absolute atomic E-state index is 10.6. The summed E-state index contributed by atoms with van der Waals surface area (Å²) in [7, 11) is 0. The molecule has 0 unspecified atom stereocenters. The maximum atomic E-state index is 10.6. The van der Waals surface area contributed by atoms with Crippen LogP contribution < -0.4 is 5.32 Å². The van der Waals surface area contributed by atoms with Crippen LogP contribution in [-0.2, 0) is 6.54 Å². The minimum Gasteiger partial charge on any atom is -0.478 e. The van der Waals surface area contributed by atoms with Crippen molar-refractivity contribution in [3.8, 4) is 0 Å². The summed E-state index contributed by atoms with van der Waals surface area (Å²) in [6.45, 7) is 0.606. The minimum atomic E-state index is -0.913. The molecule has 0 radical (unpaired) electrons. The van der Waals surface area contributed by atoms with Gasteiger partial charge in [-0.15, -0.1) is 10.2 Å². The van der Waals surface area contributed by atoms with Crippen LogP contribution >= 0.6 is 11.3 Å². The number of benzene rings is 1. The summed E-state index contributed by atoms with van der Waals surface area (Å²) in [6.07, 6.45) is 0. The summed E-state index contributed by atoms with van der Waals surface area (Å²) < 4.78 is 0. The second kappa shape index (κ2) is 4.71. The standard InChI is InChI=1S/C10H9N3O2S/c14-9(15)8-3-1-7(2-4-8)5-11-10-13-12-6-16-10/h1-4,6H,5H2,(H,11,13)(H,14,15). The number of hydrogen-bond acceptors (Lipinski definition) is 5. The Balaban J connectivity index is 1.98. The molecule has 16 heavy (non-hydrogen) atoms. The van der Waals surface area contributed by atoms with Gasteiger partial charge in [-0.25, -0.2) is 4.79 Å². The molecule has 82 valence electrons. The van der Waals surface area contributed by atoms with E-state index in [1.807, 2.05) is 0 Å². The monoisotopic (exact) mass is 235 g/mol. The molecule has 0 amide bonds. The van der Waals surface area contributed by atoms with Gasteiger partial charge in [-0.3, -0.25) is 0 Å². The molecule has 5 nitrogen and oxygen atoms in total. The predicted octanol–water partition coefficient (Wildman–Crippen LogP) is 1.85. The summed E-state index contributed by atoms with van der Waals surface area (Å²) in [5.74, 6) is -0.913. The van der Waals surface area contributed by atoms with Crippen LogP contribution in [-0.4, -0.2) is 21.3 Å². The van der Waals surface area contributed by atoms with Gasteiger partial charge in [-0.2, -0.15) is 0 Å². The summed E-state index contributed by atoms with van der Waals surface area (Å²) in [5.41, 5.74) is 2.94. The Morgan fingerprint density at radius 2 is 2.12 bits per heavy atom. The highest BCUT2D eigenvalue weighted by atomic mass is 32.1. The first-order valence-electron chi connectivity index (χ1n) is 4.58. The van der Waals surface area contributed by atoms with Crippen LogP contribution in [0.4, 0.5) is 5.13 Å². The Kier molecular flexibility index (Phi) is 3.11. The van der Waals surface area contributed by atoms with E-state index in [4.69, 9.17) is 5.11 Å². The molecule has 0 aliphatic carbocycles. The first-order chi connectivity index (χ1) is 7.75. The molecule has 6 heteroatoms. The quantitative estimate of drug-likeness (QED) is 0.845. The third-order valence-corrected chi connectivity index (χ3v) is 2.65. The molecule has 0 spiro atoms. The maximum Gasteiger partial charge on any atom is 0.335 e. The van der Waals surface area contributed by atoms with Crippen molar-refractivity contribution in [1.29, 1.82) is 0 Å². The number of hydrogen-bond donors (Lipinski definition) is 2. The highest BCUT2D eigenvalue weighted by Gasteiger charge is 2.02. The third-order valence-electron chi connectivity index (χ3n) is 2.00. The Bertz CT molecular complexity index is 467. The van der Waals surface area contributed by atoms with Gasteiger partial charge in [0.05, 0.1) is 5.56 Å². The highest BCUT2D eigenvalue weighted by molar-refractivity contribution is 7.13. The van der Waals surface area contributed by atoms with Crippen LogP contribution in [0.1, 0.15) is 15.9 Å². The fourth-order valence-electron chi connectivity index (χ4n) is 1.19.